The third-order valence-electron chi connectivity index (χ3n) is 5.12. The predicted octanol–water partition coefficient (Wildman–Crippen LogP) is 4.69. The number of benzene rings is 3. The molecule has 0 spiro atoms. The first-order valence-corrected chi connectivity index (χ1v) is 8.91. The number of hydrogen-bond donors (Lipinski definition) is 1. The van der Waals surface area contributed by atoms with Crippen molar-refractivity contribution in [2.45, 2.75) is 6.54 Å². The van der Waals surface area contributed by atoms with Gasteiger partial charge in [-0.1, -0.05) is 48.5 Å². The maximum atomic E-state index is 12.7. The van der Waals surface area contributed by atoms with Gasteiger partial charge in [-0.25, -0.2) is 0 Å². The van der Waals surface area contributed by atoms with Crippen molar-refractivity contribution in [3.05, 3.63) is 88.7 Å². The summed E-state index contributed by atoms with van der Waals surface area (Å²) < 4.78 is 7.70. The van der Waals surface area contributed by atoms with Crippen molar-refractivity contribution in [1.82, 2.24) is 9.55 Å². The van der Waals surface area contributed by atoms with E-state index in [2.05, 4.69) is 33.8 Å². The van der Waals surface area contributed by atoms with E-state index in [1.54, 1.807) is 7.11 Å². The van der Waals surface area contributed by atoms with Crippen molar-refractivity contribution in [3.63, 3.8) is 0 Å². The number of fused-ring (bicyclic) bond motifs is 5. The summed E-state index contributed by atoms with van der Waals surface area (Å²) in [6, 6.07) is 24.2. The van der Waals surface area contributed by atoms with Crippen LogP contribution < -0.4 is 10.3 Å². The lowest BCUT2D eigenvalue weighted by atomic mass is 10.1. The van der Waals surface area contributed by atoms with Crippen LogP contribution in [0.2, 0.25) is 0 Å². The van der Waals surface area contributed by atoms with E-state index in [1.807, 2.05) is 48.5 Å². The number of hydrogen-bond acceptors (Lipinski definition) is 2. The fraction of sp³-hybridized carbons (Fsp3) is 0.0870. The van der Waals surface area contributed by atoms with Gasteiger partial charge in [0.1, 0.15) is 5.75 Å². The third-order valence-corrected chi connectivity index (χ3v) is 5.12. The summed E-state index contributed by atoms with van der Waals surface area (Å²) >= 11 is 0. The maximum absolute atomic E-state index is 12.7. The lowest BCUT2D eigenvalue weighted by Gasteiger charge is -2.10. The summed E-state index contributed by atoms with van der Waals surface area (Å²) in [5, 5.41) is 2.62. The van der Waals surface area contributed by atoms with Crippen LogP contribution in [0.4, 0.5) is 0 Å². The summed E-state index contributed by atoms with van der Waals surface area (Å²) in [7, 11) is 1.64. The van der Waals surface area contributed by atoms with Crippen LogP contribution in [-0.4, -0.2) is 16.7 Å². The number of aromatic nitrogens is 2. The van der Waals surface area contributed by atoms with Gasteiger partial charge in [0.25, 0.3) is 5.56 Å². The summed E-state index contributed by atoms with van der Waals surface area (Å²) in [6.45, 7) is 0.725. The number of H-pyrrole nitrogens is 1. The molecule has 0 aliphatic carbocycles. The summed E-state index contributed by atoms with van der Waals surface area (Å²) in [4.78, 5) is 15.8. The van der Waals surface area contributed by atoms with Crippen LogP contribution in [0.15, 0.2) is 77.6 Å². The molecule has 27 heavy (non-hydrogen) atoms. The standard InChI is InChI=1S/C23H18N2O2/c1-27-16-11-12-17-19(13-16)22-21(24-23(17)26)18-9-5-6-10-20(18)25(22)14-15-7-3-2-4-8-15/h2-13H,14H2,1H3,(H,24,26). The van der Waals surface area contributed by atoms with Crippen LogP contribution in [-0.2, 0) is 6.54 Å². The zero-order valence-corrected chi connectivity index (χ0v) is 14.9. The van der Waals surface area contributed by atoms with E-state index in [1.165, 1.54) is 5.56 Å². The van der Waals surface area contributed by atoms with Crippen molar-refractivity contribution in [3.8, 4) is 5.75 Å². The summed E-state index contributed by atoms with van der Waals surface area (Å²) in [5.74, 6) is 0.742. The minimum absolute atomic E-state index is 0.0808. The van der Waals surface area contributed by atoms with E-state index >= 15 is 0 Å². The molecule has 2 aromatic heterocycles. The van der Waals surface area contributed by atoms with Gasteiger partial charge in [0.05, 0.1) is 23.7 Å². The predicted molar refractivity (Wildman–Crippen MR) is 110 cm³/mol. The molecular formula is C23H18N2O2. The highest BCUT2D eigenvalue weighted by molar-refractivity contribution is 6.15. The molecule has 0 saturated carbocycles. The third kappa shape index (κ3) is 2.41. The van der Waals surface area contributed by atoms with Crippen LogP contribution in [0.25, 0.3) is 32.7 Å². The Morgan fingerprint density at radius 1 is 0.889 bits per heavy atom. The number of para-hydroxylation sites is 1. The Balaban J connectivity index is 1.95. The smallest absolute Gasteiger partial charge is 0.256 e. The number of ether oxygens (including phenoxy) is 1. The van der Waals surface area contributed by atoms with Crippen molar-refractivity contribution in [1.29, 1.82) is 0 Å². The van der Waals surface area contributed by atoms with E-state index in [0.717, 1.165) is 39.6 Å². The summed E-state index contributed by atoms with van der Waals surface area (Å²) in [5.41, 5.74) is 4.12. The normalized spacial score (nSPS) is 11.4. The molecule has 3 aromatic carbocycles. The molecule has 0 aliphatic rings. The van der Waals surface area contributed by atoms with Crippen LogP contribution in [0.5, 0.6) is 5.75 Å². The zero-order chi connectivity index (χ0) is 18.4. The lowest BCUT2D eigenvalue weighted by molar-refractivity contribution is 0.415. The topological polar surface area (TPSA) is 47.0 Å². The molecule has 5 aromatic rings. The van der Waals surface area contributed by atoms with E-state index in [9.17, 15) is 4.79 Å². The monoisotopic (exact) mass is 354 g/mol. The molecular weight excluding hydrogens is 336 g/mol. The largest absolute Gasteiger partial charge is 0.497 e. The van der Waals surface area contributed by atoms with Crippen molar-refractivity contribution in [2.75, 3.05) is 7.11 Å². The number of methoxy groups -OCH3 is 1. The Kier molecular flexibility index (Phi) is 3.50. The first-order chi connectivity index (χ1) is 13.3. The van der Waals surface area contributed by atoms with Crippen molar-refractivity contribution < 1.29 is 4.74 Å². The molecule has 0 fully saturated rings. The number of aromatic amines is 1. The van der Waals surface area contributed by atoms with Crippen LogP contribution in [0.1, 0.15) is 5.56 Å². The van der Waals surface area contributed by atoms with Gasteiger partial charge in [-0.3, -0.25) is 4.79 Å². The highest BCUT2D eigenvalue weighted by Gasteiger charge is 2.16. The molecule has 0 unspecified atom stereocenters. The van der Waals surface area contributed by atoms with Gasteiger partial charge in [-0.15, -0.1) is 0 Å². The second kappa shape index (κ2) is 6.02. The maximum Gasteiger partial charge on any atom is 0.256 e. The number of nitrogens with zero attached hydrogens (tertiary/aromatic N) is 1. The molecule has 1 N–H and O–H groups in total. The lowest BCUT2D eigenvalue weighted by Crippen LogP contribution is -2.08. The molecule has 0 saturated heterocycles. The van der Waals surface area contributed by atoms with Gasteiger partial charge < -0.3 is 14.3 Å². The van der Waals surface area contributed by atoms with Gasteiger partial charge in [-0.05, 0) is 29.8 Å². The molecule has 0 atom stereocenters. The van der Waals surface area contributed by atoms with E-state index < -0.39 is 0 Å². The highest BCUT2D eigenvalue weighted by Crippen LogP contribution is 2.33. The van der Waals surface area contributed by atoms with Gasteiger partial charge in [0, 0.05) is 22.7 Å². The van der Waals surface area contributed by atoms with Crippen LogP contribution in [0, 0.1) is 0 Å². The van der Waals surface area contributed by atoms with Crippen LogP contribution in [0.3, 0.4) is 0 Å². The second-order valence-electron chi connectivity index (χ2n) is 6.68. The van der Waals surface area contributed by atoms with Gasteiger partial charge in [0.15, 0.2) is 0 Å². The molecule has 4 nitrogen and oxygen atoms in total. The number of nitrogens with one attached hydrogen (secondary N) is 1. The quantitative estimate of drug-likeness (QED) is 0.511. The zero-order valence-electron chi connectivity index (χ0n) is 14.9. The Morgan fingerprint density at radius 2 is 1.67 bits per heavy atom. The molecule has 0 aliphatic heterocycles. The fourth-order valence-corrected chi connectivity index (χ4v) is 3.87. The highest BCUT2D eigenvalue weighted by atomic mass is 16.5. The van der Waals surface area contributed by atoms with Gasteiger partial charge >= 0.3 is 0 Å². The van der Waals surface area contributed by atoms with E-state index in [4.69, 9.17) is 4.74 Å². The first kappa shape index (κ1) is 15.7. The Hall–Kier alpha value is -3.53. The minimum Gasteiger partial charge on any atom is -0.497 e. The molecule has 0 amide bonds. The van der Waals surface area contributed by atoms with Crippen LogP contribution >= 0.6 is 0 Å². The summed E-state index contributed by atoms with van der Waals surface area (Å²) in [6.07, 6.45) is 0. The SMILES string of the molecule is COc1ccc2c(=O)[nH]c3c4ccccc4n(Cc4ccccc4)c3c2c1. The van der Waals surface area contributed by atoms with E-state index in [0.29, 0.717) is 5.39 Å². The Bertz CT molecular complexity index is 1350. The number of pyridine rings is 1. The van der Waals surface area contributed by atoms with E-state index in [-0.39, 0.29) is 5.56 Å². The second-order valence-corrected chi connectivity index (χ2v) is 6.68. The molecule has 5 rings (SSSR count). The van der Waals surface area contributed by atoms with Crippen molar-refractivity contribution >= 4 is 32.7 Å². The molecule has 132 valence electrons. The molecule has 2 heterocycles. The minimum atomic E-state index is -0.0808. The molecule has 0 bridgehead atoms. The molecule has 0 radical (unpaired) electrons. The fourth-order valence-electron chi connectivity index (χ4n) is 3.87. The Morgan fingerprint density at radius 3 is 2.48 bits per heavy atom. The molecule has 4 heteroatoms. The average Bonchev–Trinajstić information content (AvgIpc) is 3.02. The number of rotatable bonds is 3. The Labute approximate surface area is 155 Å². The first-order valence-electron chi connectivity index (χ1n) is 8.91. The average molecular weight is 354 g/mol. The van der Waals surface area contributed by atoms with Gasteiger partial charge in [0.2, 0.25) is 0 Å². The van der Waals surface area contributed by atoms with Gasteiger partial charge in [-0.2, -0.15) is 0 Å². The van der Waals surface area contributed by atoms with Crippen molar-refractivity contribution in [2.24, 2.45) is 0 Å².